The highest BCUT2D eigenvalue weighted by molar-refractivity contribution is 7.99. The highest BCUT2D eigenvalue weighted by atomic mass is 32.2. The van der Waals surface area contributed by atoms with Crippen LogP contribution >= 0.6 is 11.8 Å². The number of aryl methyl sites for hydroxylation is 1. The van der Waals surface area contributed by atoms with E-state index in [1.54, 1.807) is 42.0 Å². The van der Waals surface area contributed by atoms with Gasteiger partial charge in [0.1, 0.15) is 5.69 Å². The van der Waals surface area contributed by atoms with Crippen molar-refractivity contribution in [3.05, 3.63) is 53.9 Å². The molecular weight excluding hydrogens is 282 g/mol. The number of hydrogen-bond acceptors (Lipinski definition) is 4. The Bertz CT molecular complexity index is 613. The molecule has 0 unspecified atom stereocenters. The number of nitrogens with two attached hydrogens (primary N) is 1. The van der Waals surface area contributed by atoms with Gasteiger partial charge in [0.25, 0.3) is 5.91 Å². The van der Waals surface area contributed by atoms with Crippen LogP contribution in [0.25, 0.3) is 0 Å². The molecule has 0 saturated heterocycles. The van der Waals surface area contributed by atoms with Gasteiger partial charge in [-0.25, -0.2) is 0 Å². The number of nitrogen functional groups attached to an aromatic ring is 1. The van der Waals surface area contributed by atoms with E-state index in [4.69, 9.17) is 5.73 Å². The number of hydrogen-bond donors (Lipinski definition) is 1. The molecule has 4 nitrogen and oxygen atoms in total. The van der Waals surface area contributed by atoms with Gasteiger partial charge >= 0.3 is 0 Å². The van der Waals surface area contributed by atoms with Gasteiger partial charge in [-0.1, -0.05) is 17.7 Å². The van der Waals surface area contributed by atoms with Gasteiger partial charge in [0.05, 0.1) is 0 Å². The Morgan fingerprint density at radius 1 is 1.29 bits per heavy atom. The molecule has 2 rings (SSSR count). The first kappa shape index (κ1) is 15.4. The number of pyridine rings is 1. The molecule has 2 N–H and O–H groups in total. The molecule has 1 heterocycles. The molecule has 0 radical (unpaired) electrons. The molecule has 0 bridgehead atoms. The maximum atomic E-state index is 12.2. The highest BCUT2D eigenvalue weighted by Crippen LogP contribution is 2.18. The molecule has 0 aliphatic rings. The topological polar surface area (TPSA) is 59.2 Å². The van der Waals surface area contributed by atoms with E-state index in [1.165, 1.54) is 10.5 Å². The zero-order valence-electron chi connectivity index (χ0n) is 12.2. The van der Waals surface area contributed by atoms with Crippen LogP contribution in [0.3, 0.4) is 0 Å². The number of benzene rings is 1. The number of aromatic nitrogens is 1. The van der Waals surface area contributed by atoms with E-state index in [2.05, 4.69) is 36.2 Å². The normalized spacial score (nSPS) is 10.4. The smallest absolute Gasteiger partial charge is 0.272 e. The van der Waals surface area contributed by atoms with Gasteiger partial charge < -0.3 is 10.6 Å². The third-order valence-electron chi connectivity index (χ3n) is 3.07. The minimum atomic E-state index is -0.105. The van der Waals surface area contributed by atoms with Crippen LogP contribution in [0.2, 0.25) is 0 Å². The van der Waals surface area contributed by atoms with E-state index >= 15 is 0 Å². The van der Waals surface area contributed by atoms with Crippen molar-refractivity contribution in [2.24, 2.45) is 0 Å². The summed E-state index contributed by atoms with van der Waals surface area (Å²) >= 11 is 1.73. The van der Waals surface area contributed by atoms with Crippen molar-refractivity contribution in [2.75, 3.05) is 25.1 Å². The molecule has 1 aromatic heterocycles. The molecule has 0 aliphatic heterocycles. The molecule has 0 aliphatic carbocycles. The van der Waals surface area contributed by atoms with E-state index in [0.717, 1.165) is 5.75 Å². The summed E-state index contributed by atoms with van der Waals surface area (Å²) in [6, 6.07) is 11.7. The summed E-state index contributed by atoms with van der Waals surface area (Å²) < 4.78 is 0. The van der Waals surface area contributed by atoms with Gasteiger partial charge in [-0.15, -0.1) is 11.8 Å². The molecule has 1 amide bonds. The van der Waals surface area contributed by atoms with Crippen LogP contribution in [-0.4, -0.2) is 35.1 Å². The summed E-state index contributed by atoms with van der Waals surface area (Å²) in [6.07, 6.45) is 1.55. The summed E-state index contributed by atoms with van der Waals surface area (Å²) in [4.78, 5) is 19.1. The standard InChI is InChI=1S/C16H19N3OS/c1-12-3-5-14(6-4-12)21-10-9-19(2)16(20)15-11-13(17)7-8-18-15/h3-8,11H,9-10H2,1-2H3,(H2,17,18). The fourth-order valence-corrected chi connectivity index (χ4v) is 2.73. The molecule has 1 aromatic carbocycles. The Balaban J connectivity index is 1.85. The molecular formula is C16H19N3OS. The maximum Gasteiger partial charge on any atom is 0.272 e. The Kier molecular flexibility index (Phi) is 5.22. The van der Waals surface area contributed by atoms with Gasteiger partial charge in [0, 0.05) is 36.1 Å². The van der Waals surface area contributed by atoms with Crippen LogP contribution in [-0.2, 0) is 0 Å². The van der Waals surface area contributed by atoms with Gasteiger partial charge in [-0.05, 0) is 31.2 Å². The third kappa shape index (κ3) is 4.49. The first-order chi connectivity index (χ1) is 10.1. The van der Waals surface area contributed by atoms with Crippen molar-refractivity contribution in [3.63, 3.8) is 0 Å². The van der Waals surface area contributed by atoms with Crippen LogP contribution < -0.4 is 5.73 Å². The first-order valence-electron chi connectivity index (χ1n) is 6.73. The molecule has 0 atom stereocenters. The summed E-state index contributed by atoms with van der Waals surface area (Å²) in [6.45, 7) is 2.73. The number of thioether (sulfide) groups is 1. The molecule has 110 valence electrons. The van der Waals surface area contributed by atoms with Crippen molar-refractivity contribution in [1.82, 2.24) is 9.88 Å². The van der Waals surface area contributed by atoms with Gasteiger partial charge in [-0.3, -0.25) is 9.78 Å². The maximum absolute atomic E-state index is 12.2. The lowest BCUT2D eigenvalue weighted by molar-refractivity contribution is 0.0798. The van der Waals surface area contributed by atoms with E-state index < -0.39 is 0 Å². The Morgan fingerprint density at radius 3 is 2.67 bits per heavy atom. The number of carbonyl (C=O) groups is 1. The number of rotatable bonds is 5. The average molecular weight is 301 g/mol. The van der Waals surface area contributed by atoms with E-state index in [1.807, 2.05) is 0 Å². The second-order valence-electron chi connectivity index (χ2n) is 4.86. The fourth-order valence-electron chi connectivity index (χ4n) is 1.80. The summed E-state index contributed by atoms with van der Waals surface area (Å²) in [5.74, 6) is 0.736. The van der Waals surface area contributed by atoms with Crippen LogP contribution in [0, 0.1) is 6.92 Å². The van der Waals surface area contributed by atoms with E-state index in [-0.39, 0.29) is 5.91 Å². The molecule has 21 heavy (non-hydrogen) atoms. The highest BCUT2D eigenvalue weighted by Gasteiger charge is 2.12. The number of amides is 1. The van der Waals surface area contributed by atoms with Gasteiger partial charge in [0.15, 0.2) is 0 Å². The van der Waals surface area contributed by atoms with Crippen molar-refractivity contribution in [1.29, 1.82) is 0 Å². The predicted molar refractivity (Wildman–Crippen MR) is 87.5 cm³/mol. The zero-order valence-corrected chi connectivity index (χ0v) is 13.1. The molecule has 0 saturated carbocycles. The number of anilines is 1. The Hall–Kier alpha value is -2.01. The average Bonchev–Trinajstić information content (AvgIpc) is 2.48. The van der Waals surface area contributed by atoms with Gasteiger partial charge in [-0.2, -0.15) is 0 Å². The predicted octanol–water partition coefficient (Wildman–Crippen LogP) is 2.84. The van der Waals surface area contributed by atoms with Crippen LogP contribution in [0.4, 0.5) is 5.69 Å². The first-order valence-corrected chi connectivity index (χ1v) is 7.71. The summed E-state index contributed by atoms with van der Waals surface area (Å²) in [5, 5.41) is 0. The van der Waals surface area contributed by atoms with Crippen LogP contribution in [0.15, 0.2) is 47.5 Å². The minimum Gasteiger partial charge on any atom is -0.399 e. The number of carbonyl (C=O) groups excluding carboxylic acids is 1. The van der Waals surface area contributed by atoms with E-state index in [9.17, 15) is 4.79 Å². The van der Waals surface area contributed by atoms with Crippen LogP contribution in [0.5, 0.6) is 0 Å². The van der Waals surface area contributed by atoms with Gasteiger partial charge in [0.2, 0.25) is 0 Å². The molecule has 5 heteroatoms. The van der Waals surface area contributed by atoms with Crippen molar-refractivity contribution >= 4 is 23.4 Å². The lowest BCUT2D eigenvalue weighted by Gasteiger charge is -2.16. The molecule has 2 aromatic rings. The second-order valence-corrected chi connectivity index (χ2v) is 6.03. The van der Waals surface area contributed by atoms with Crippen molar-refractivity contribution in [2.45, 2.75) is 11.8 Å². The zero-order chi connectivity index (χ0) is 15.2. The lowest BCUT2D eigenvalue weighted by atomic mass is 10.2. The largest absolute Gasteiger partial charge is 0.399 e. The number of nitrogens with zero attached hydrogens (tertiary/aromatic N) is 2. The van der Waals surface area contributed by atoms with Crippen molar-refractivity contribution in [3.8, 4) is 0 Å². The second kappa shape index (κ2) is 7.13. The van der Waals surface area contributed by atoms with Crippen LogP contribution in [0.1, 0.15) is 16.1 Å². The monoisotopic (exact) mass is 301 g/mol. The van der Waals surface area contributed by atoms with Crippen molar-refractivity contribution < 1.29 is 4.79 Å². The third-order valence-corrected chi connectivity index (χ3v) is 4.06. The molecule has 0 spiro atoms. The Morgan fingerprint density at radius 2 is 2.00 bits per heavy atom. The SMILES string of the molecule is Cc1ccc(SCCN(C)C(=O)c2cc(N)ccn2)cc1. The van der Waals surface area contributed by atoms with E-state index in [0.29, 0.717) is 17.9 Å². The molecule has 0 fully saturated rings. The fraction of sp³-hybridized carbons (Fsp3) is 0.250. The quantitative estimate of drug-likeness (QED) is 0.863. The minimum absolute atomic E-state index is 0.105. The summed E-state index contributed by atoms with van der Waals surface area (Å²) in [7, 11) is 1.78. The summed E-state index contributed by atoms with van der Waals surface area (Å²) in [5.41, 5.74) is 7.86. The Labute approximate surface area is 129 Å². The lowest BCUT2D eigenvalue weighted by Crippen LogP contribution is -2.29.